The van der Waals surface area contributed by atoms with Crippen molar-refractivity contribution in [3.8, 4) is 16.9 Å². The number of rotatable bonds is 8. The zero-order chi connectivity index (χ0) is 20.8. The van der Waals surface area contributed by atoms with Crippen molar-refractivity contribution < 1.29 is 4.74 Å². The summed E-state index contributed by atoms with van der Waals surface area (Å²) in [5.41, 5.74) is 2.20. The Labute approximate surface area is 183 Å². The second-order valence-electron chi connectivity index (χ2n) is 7.57. The number of piperidine rings is 1. The first kappa shape index (κ1) is 20.6. The van der Waals surface area contributed by atoms with Crippen molar-refractivity contribution in [2.24, 2.45) is 0 Å². The first-order valence-electron chi connectivity index (χ1n) is 10.5. The minimum Gasteiger partial charge on any atom is -0.485 e. The highest BCUT2D eigenvalue weighted by atomic mass is 32.1. The van der Waals surface area contributed by atoms with Crippen LogP contribution in [0.2, 0.25) is 0 Å². The molecule has 5 nitrogen and oxygen atoms in total. The monoisotopic (exact) mass is 420 g/mol. The van der Waals surface area contributed by atoms with E-state index in [-0.39, 0.29) is 0 Å². The molecule has 0 bridgehead atoms. The molecule has 2 heterocycles. The molecule has 1 saturated heterocycles. The van der Waals surface area contributed by atoms with Gasteiger partial charge in [-0.1, -0.05) is 61.0 Å². The van der Waals surface area contributed by atoms with Crippen LogP contribution in [0, 0.1) is 4.77 Å². The molecule has 0 aliphatic carbocycles. The molecule has 30 heavy (non-hydrogen) atoms. The first-order valence-corrected chi connectivity index (χ1v) is 10.9. The standard InChI is InChI=1S/C24H28N4OS/c1-2-15-27-23(25-28(24(27)30)19-26-16-9-4-10-17-26)18-29-22-14-8-7-13-21(22)20-11-5-3-6-12-20/h2-3,5-8,11-14H,1,4,9-10,15-19H2. The van der Waals surface area contributed by atoms with Crippen LogP contribution in [-0.2, 0) is 19.8 Å². The second-order valence-corrected chi connectivity index (χ2v) is 7.93. The van der Waals surface area contributed by atoms with Gasteiger partial charge in [0.1, 0.15) is 12.4 Å². The van der Waals surface area contributed by atoms with Gasteiger partial charge in [-0.2, -0.15) is 5.10 Å². The molecule has 1 aliphatic heterocycles. The van der Waals surface area contributed by atoms with E-state index >= 15 is 0 Å². The Morgan fingerprint density at radius 1 is 1.00 bits per heavy atom. The van der Waals surface area contributed by atoms with E-state index in [1.165, 1.54) is 19.3 Å². The third kappa shape index (κ3) is 4.71. The summed E-state index contributed by atoms with van der Waals surface area (Å²) in [6, 6.07) is 18.4. The lowest BCUT2D eigenvalue weighted by Crippen LogP contribution is -2.32. The van der Waals surface area contributed by atoms with Crippen LogP contribution in [0.1, 0.15) is 25.1 Å². The Balaban J connectivity index is 1.55. The van der Waals surface area contributed by atoms with Gasteiger partial charge in [0.05, 0.1) is 6.67 Å². The molecule has 4 rings (SSSR count). The fraction of sp³-hybridized carbons (Fsp3) is 0.333. The zero-order valence-corrected chi connectivity index (χ0v) is 18.1. The van der Waals surface area contributed by atoms with Gasteiger partial charge in [-0.3, -0.25) is 9.47 Å². The van der Waals surface area contributed by atoms with Gasteiger partial charge in [0, 0.05) is 12.1 Å². The van der Waals surface area contributed by atoms with E-state index in [0.717, 1.165) is 47.2 Å². The summed E-state index contributed by atoms with van der Waals surface area (Å²) in [5, 5.41) is 4.80. The Morgan fingerprint density at radius 3 is 2.50 bits per heavy atom. The normalized spacial score (nSPS) is 14.5. The number of ether oxygens (including phenoxy) is 1. The molecule has 156 valence electrons. The van der Waals surface area contributed by atoms with Gasteiger partial charge in [-0.15, -0.1) is 6.58 Å². The number of benzene rings is 2. The lowest BCUT2D eigenvalue weighted by atomic mass is 10.1. The number of aromatic nitrogens is 3. The maximum absolute atomic E-state index is 6.23. The Kier molecular flexibility index (Phi) is 6.77. The van der Waals surface area contributed by atoms with Gasteiger partial charge >= 0.3 is 0 Å². The molecule has 0 saturated carbocycles. The van der Waals surface area contributed by atoms with Crippen LogP contribution < -0.4 is 4.74 Å². The lowest BCUT2D eigenvalue weighted by molar-refractivity contribution is 0.171. The molecule has 1 aliphatic rings. The number of hydrogen-bond acceptors (Lipinski definition) is 4. The predicted octanol–water partition coefficient (Wildman–Crippen LogP) is 5.29. The van der Waals surface area contributed by atoms with Gasteiger partial charge in [0.15, 0.2) is 10.6 Å². The molecule has 0 atom stereocenters. The highest BCUT2D eigenvalue weighted by molar-refractivity contribution is 7.71. The largest absolute Gasteiger partial charge is 0.485 e. The second kappa shape index (κ2) is 9.87. The summed E-state index contributed by atoms with van der Waals surface area (Å²) in [4.78, 5) is 2.42. The molecule has 1 fully saturated rings. The van der Waals surface area contributed by atoms with Crippen molar-refractivity contribution in [3.05, 3.63) is 77.8 Å². The smallest absolute Gasteiger partial charge is 0.199 e. The molecule has 0 amide bonds. The highest BCUT2D eigenvalue weighted by Crippen LogP contribution is 2.30. The average molecular weight is 421 g/mol. The predicted molar refractivity (Wildman–Crippen MR) is 123 cm³/mol. The molecular weight excluding hydrogens is 392 g/mol. The number of allylic oxidation sites excluding steroid dienone is 1. The van der Waals surface area contributed by atoms with E-state index in [1.807, 2.05) is 51.7 Å². The van der Waals surface area contributed by atoms with E-state index in [2.05, 4.69) is 29.7 Å². The lowest BCUT2D eigenvalue weighted by Gasteiger charge is -2.25. The summed E-state index contributed by atoms with van der Waals surface area (Å²) in [5.74, 6) is 1.66. The number of likely N-dealkylation sites (tertiary alicyclic amines) is 1. The van der Waals surface area contributed by atoms with Crippen molar-refractivity contribution in [2.45, 2.75) is 39.1 Å². The van der Waals surface area contributed by atoms with Crippen LogP contribution in [0.5, 0.6) is 5.75 Å². The minimum atomic E-state index is 0.355. The van der Waals surface area contributed by atoms with E-state index in [1.54, 1.807) is 0 Å². The maximum Gasteiger partial charge on any atom is 0.199 e. The fourth-order valence-corrected chi connectivity index (χ4v) is 4.16. The SMILES string of the molecule is C=CCn1c(COc2ccccc2-c2ccccc2)nn(CN2CCCCC2)c1=S. The van der Waals surface area contributed by atoms with Crippen molar-refractivity contribution in [1.29, 1.82) is 0 Å². The van der Waals surface area contributed by atoms with Gasteiger partial charge < -0.3 is 4.74 Å². The van der Waals surface area contributed by atoms with Gasteiger partial charge in [0.2, 0.25) is 0 Å². The Morgan fingerprint density at radius 2 is 1.73 bits per heavy atom. The van der Waals surface area contributed by atoms with E-state index in [4.69, 9.17) is 22.1 Å². The van der Waals surface area contributed by atoms with E-state index in [0.29, 0.717) is 13.2 Å². The molecule has 2 aromatic carbocycles. The zero-order valence-electron chi connectivity index (χ0n) is 17.2. The van der Waals surface area contributed by atoms with Crippen molar-refractivity contribution in [3.63, 3.8) is 0 Å². The quantitative estimate of drug-likeness (QED) is 0.366. The van der Waals surface area contributed by atoms with Crippen LogP contribution >= 0.6 is 12.2 Å². The van der Waals surface area contributed by atoms with E-state index in [9.17, 15) is 0 Å². The molecule has 0 N–H and O–H groups in total. The van der Waals surface area contributed by atoms with Gasteiger partial charge in [-0.25, -0.2) is 4.68 Å². The molecule has 0 spiro atoms. The maximum atomic E-state index is 6.23. The minimum absolute atomic E-state index is 0.355. The summed E-state index contributed by atoms with van der Waals surface area (Å²) in [6.45, 7) is 7.80. The highest BCUT2D eigenvalue weighted by Gasteiger charge is 2.16. The van der Waals surface area contributed by atoms with Crippen LogP contribution in [0.4, 0.5) is 0 Å². The molecular formula is C24H28N4OS. The van der Waals surface area contributed by atoms with Crippen molar-refractivity contribution in [2.75, 3.05) is 13.1 Å². The molecule has 0 radical (unpaired) electrons. The van der Waals surface area contributed by atoms with Crippen LogP contribution in [-0.4, -0.2) is 32.3 Å². The van der Waals surface area contributed by atoms with E-state index < -0.39 is 0 Å². The Hall–Kier alpha value is -2.70. The van der Waals surface area contributed by atoms with Crippen LogP contribution in [0.3, 0.4) is 0 Å². The number of hydrogen-bond donors (Lipinski definition) is 0. The third-order valence-electron chi connectivity index (χ3n) is 5.42. The van der Waals surface area contributed by atoms with Gasteiger partial charge in [-0.05, 0) is 49.8 Å². The molecule has 3 aromatic rings. The summed E-state index contributed by atoms with van der Waals surface area (Å²) in [6.07, 6.45) is 5.65. The van der Waals surface area contributed by atoms with Crippen molar-refractivity contribution in [1.82, 2.24) is 19.2 Å². The van der Waals surface area contributed by atoms with Crippen molar-refractivity contribution >= 4 is 12.2 Å². The molecule has 1 aromatic heterocycles. The number of nitrogens with zero attached hydrogens (tertiary/aromatic N) is 4. The first-order chi connectivity index (χ1) is 14.8. The fourth-order valence-electron chi connectivity index (χ4n) is 3.88. The van der Waals surface area contributed by atoms with Crippen LogP contribution in [0.15, 0.2) is 67.3 Å². The number of para-hydroxylation sites is 1. The molecule has 6 heteroatoms. The summed E-state index contributed by atoms with van der Waals surface area (Å²) < 4.78 is 10.9. The molecule has 0 unspecified atom stereocenters. The summed E-state index contributed by atoms with van der Waals surface area (Å²) in [7, 11) is 0. The van der Waals surface area contributed by atoms with Gasteiger partial charge in [0.25, 0.3) is 0 Å². The average Bonchev–Trinajstić information content (AvgIpc) is 3.08. The third-order valence-corrected chi connectivity index (χ3v) is 5.85. The summed E-state index contributed by atoms with van der Waals surface area (Å²) >= 11 is 5.71. The Bertz CT molecular complexity index is 1030. The topological polar surface area (TPSA) is 35.2 Å². The van der Waals surface area contributed by atoms with Crippen LogP contribution in [0.25, 0.3) is 11.1 Å².